The first-order chi connectivity index (χ1) is 6.99. The second kappa shape index (κ2) is 4.86. The molecule has 0 amide bonds. The van der Waals surface area contributed by atoms with Crippen LogP contribution in [0.1, 0.15) is 24.2 Å². The summed E-state index contributed by atoms with van der Waals surface area (Å²) in [4.78, 5) is 0. The highest BCUT2D eigenvalue weighted by Gasteiger charge is 2.22. The van der Waals surface area contributed by atoms with Gasteiger partial charge in [-0.3, -0.25) is 0 Å². The molecule has 0 saturated carbocycles. The van der Waals surface area contributed by atoms with Crippen LogP contribution in [0.2, 0.25) is 0 Å². The maximum Gasteiger partial charge on any atom is 0.239 e. The maximum atomic E-state index is 11.3. The molecule has 1 unspecified atom stereocenters. The second-order valence-corrected chi connectivity index (χ2v) is 5.96. The summed E-state index contributed by atoms with van der Waals surface area (Å²) in [7, 11) is 3.35. The van der Waals surface area contributed by atoms with Crippen LogP contribution in [0.3, 0.4) is 0 Å². The number of methoxy groups -OCH3 is 1. The van der Waals surface area contributed by atoms with Crippen molar-refractivity contribution in [2.45, 2.75) is 18.6 Å². The second-order valence-electron chi connectivity index (χ2n) is 3.15. The third-order valence-corrected chi connectivity index (χ3v) is 4.13. The molecule has 5 heteroatoms. The van der Waals surface area contributed by atoms with Crippen LogP contribution in [0.15, 0.2) is 24.3 Å². The third-order valence-electron chi connectivity index (χ3n) is 2.20. The Morgan fingerprint density at radius 3 is 2.20 bits per heavy atom. The number of hydrogen-bond acceptors (Lipinski definition) is 3. The van der Waals surface area contributed by atoms with Gasteiger partial charge in [0.25, 0.3) is 0 Å². The minimum atomic E-state index is -3.56. The molecule has 0 radical (unpaired) electrons. The Labute approximate surface area is 94.4 Å². The first kappa shape index (κ1) is 12.3. The van der Waals surface area contributed by atoms with Crippen molar-refractivity contribution in [3.63, 3.8) is 0 Å². The monoisotopic (exact) mass is 248 g/mol. The zero-order chi connectivity index (χ0) is 11.5. The van der Waals surface area contributed by atoms with E-state index in [0.29, 0.717) is 17.7 Å². The summed E-state index contributed by atoms with van der Waals surface area (Å²) in [6, 6.07) is 6.87. The zero-order valence-electron chi connectivity index (χ0n) is 8.60. The molecule has 0 N–H and O–H groups in total. The summed E-state index contributed by atoms with van der Waals surface area (Å²) < 4.78 is 27.5. The van der Waals surface area contributed by atoms with Crippen LogP contribution in [-0.4, -0.2) is 15.5 Å². The molecule has 15 heavy (non-hydrogen) atoms. The van der Waals surface area contributed by atoms with E-state index >= 15 is 0 Å². The average molecular weight is 249 g/mol. The summed E-state index contributed by atoms with van der Waals surface area (Å²) in [5, 5.41) is -0.648. The summed E-state index contributed by atoms with van der Waals surface area (Å²) in [6.45, 7) is 1.79. The number of halogens is 1. The normalized spacial score (nSPS) is 13.5. The smallest absolute Gasteiger partial charge is 0.239 e. The predicted octanol–water partition coefficient (Wildman–Crippen LogP) is 2.71. The van der Waals surface area contributed by atoms with Gasteiger partial charge in [-0.25, -0.2) is 8.42 Å². The lowest BCUT2D eigenvalue weighted by Crippen LogP contribution is -2.05. The Balaban J connectivity index is 3.04. The van der Waals surface area contributed by atoms with Crippen LogP contribution in [0.5, 0.6) is 5.75 Å². The van der Waals surface area contributed by atoms with Gasteiger partial charge in [0.05, 0.1) is 7.11 Å². The lowest BCUT2D eigenvalue weighted by Gasteiger charge is -2.11. The molecule has 84 valence electrons. The van der Waals surface area contributed by atoms with Gasteiger partial charge in [-0.15, -0.1) is 0 Å². The first-order valence-electron chi connectivity index (χ1n) is 4.56. The highest BCUT2D eigenvalue weighted by Crippen LogP contribution is 2.29. The van der Waals surface area contributed by atoms with E-state index in [2.05, 4.69) is 0 Å². The molecular formula is C10H13ClO3S. The standard InChI is InChI=1S/C10H13ClO3S/c1-3-10(15(11,12)13)8-4-6-9(14-2)7-5-8/h4-7,10H,3H2,1-2H3. The van der Waals surface area contributed by atoms with Crippen molar-refractivity contribution in [2.24, 2.45) is 0 Å². The van der Waals surface area contributed by atoms with E-state index in [0.717, 1.165) is 0 Å². The van der Waals surface area contributed by atoms with Gasteiger partial charge >= 0.3 is 0 Å². The fraction of sp³-hybridized carbons (Fsp3) is 0.400. The molecule has 0 aliphatic carbocycles. The van der Waals surface area contributed by atoms with Crippen LogP contribution in [0, 0.1) is 0 Å². The average Bonchev–Trinajstić information content (AvgIpc) is 2.18. The van der Waals surface area contributed by atoms with E-state index in [1.807, 2.05) is 0 Å². The molecule has 0 fully saturated rings. The molecule has 0 aliphatic rings. The zero-order valence-corrected chi connectivity index (χ0v) is 10.2. The molecule has 0 bridgehead atoms. The molecular weight excluding hydrogens is 236 g/mol. The fourth-order valence-electron chi connectivity index (χ4n) is 1.42. The Morgan fingerprint density at radius 1 is 1.33 bits per heavy atom. The summed E-state index contributed by atoms with van der Waals surface area (Å²) in [5.74, 6) is 0.695. The predicted molar refractivity (Wildman–Crippen MR) is 60.8 cm³/mol. The molecule has 0 saturated heterocycles. The number of hydrogen-bond donors (Lipinski definition) is 0. The Kier molecular flexibility index (Phi) is 3.99. The molecule has 0 spiro atoms. The van der Waals surface area contributed by atoms with E-state index in [1.54, 1.807) is 38.3 Å². The van der Waals surface area contributed by atoms with Crippen molar-refractivity contribution >= 4 is 19.7 Å². The molecule has 1 atom stereocenters. The lowest BCUT2D eigenvalue weighted by atomic mass is 10.1. The summed E-state index contributed by atoms with van der Waals surface area (Å²) in [6.07, 6.45) is 0.457. The van der Waals surface area contributed by atoms with Crippen molar-refractivity contribution in [3.05, 3.63) is 29.8 Å². The van der Waals surface area contributed by atoms with Crippen molar-refractivity contribution in [1.29, 1.82) is 0 Å². The largest absolute Gasteiger partial charge is 0.497 e. The van der Waals surface area contributed by atoms with Crippen molar-refractivity contribution in [1.82, 2.24) is 0 Å². The number of ether oxygens (including phenoxy) is 1. The van der Waals surface area contributed by atoms with Gasteiger partial charge < -0.3 is 4.74 Å². The van der Waals surface area contributed by atoms with Crippen LogP contribution < -0.4 is 4.74 Å². The van der Waals surface area contributed by atoms with Gasteiger partial charge in [0.2, 0.25) is 9.05 Å². The van der Waals surface area contributed by atoms with Gasteiger partial charge in [-0.2, -0.15) is 0 Å². The van der Waals surface area contributed by atoms with Crippen LogP contribution in [0.25, 0.3) is 0 Å². The quantitative estimate of drug-likeness (QED) is 0.770. The molecule has 0 heterocycles. The minimum absolute atomic E-state index is 0.457. The maximum absolute atomic E-state index is 11.3. The molecule has 1 aromatic carbocycles. The van der Waals surface area contributed by atoms with E-state index in [4.69, 9.17) is 15.4 Å². The third kappa shape index (κ3) is 3.11. The highest BCUT2D eigenvalue weighted by molar-refractivity contribution is 8.13. The number of rotatable bonds is 4. The van der Waals surface area contributed by atoms with Crippen molar-refractivity contribution in [2.75, 3.05) is 7.11 Å². The highest BCUT2D eigenvalue weighted by atomic mass is 35.7. The summed E-state index contributed by atoms with van der Waals surface area (Å²) >= 11 is 0. The molecule has 1 rings (SSSR count). The summed E-state index contributed by atoms with van der Waals surface area (Å²) in [5.41, 5.74) is 0.688. The van der Waals surface area contributed by atoms with E-state index in [9.17, 15) is 8.42 Å². The Morgan fingerprint density at radius 2 is 1.87 bits per heavy atom. The van der Waals surface area contributed by atoms with E-state index in [1.165, 1.54) is 0 Å². The Bertz CT molecular complexity index is 411. The van der Waals surface area contributed by atoms with E-state index in [-0.39, 0.29) is 0 Å². The topological polar surface area (TPSA) is 43.4 Å². The van der Waals surface area contributed by atoms with Gasteiger partial charge in [-0.05, 0) is 24.1 Å². The van der Waals surface area contributed by atoms with Crippen LogP contribution >= 0.6 is 10.7 Å². The Hall–Kier alpha value is -0.740. The van der Waals surface area contributed by atoms with E-state index < -0.39 is 14.3 Å². The number of benzene rings is 1. The van der Waals surface area contributed by atoms with Crippen molar-refractivity contribution in [3.8, 4) is 5.75 Å². The molecule has 0 aliphatic heterocycles. The molecule has 0 aromatic heterocycles. The van der Waals surface area contributed by atoms with Crippen LogP contribution in [-0.2, 0) is 9.05 Å². The first-order valence-corrected chi connectivity index (χ1v) is 6.93. The minimum Gasteiger partial charge on any atom is -0.497 e. The van der Waals surface area contributed by atoms with Gasteiger partial charge in [0.1, 0.15) is 11.0 Å². The van der Waals surface area contributed by atoms with Gasteiger partial charge in [0, 0.05) is 10.7 Å². The molecule has 3 nitrogen and oxygen atoms in total. The SMILES string of the molecule is CCC(c1ccc(OC)cc1)S(=O)(=O)Cl. The van der Waals surface area contributed by atoms with Crippen LogP contribution in [0.4, 0.5) is 0 Å². The lowest BCUT2D eigenvalue weighted by molar-refractivity contribution is 0.414. The van der Waals surface area contributed by atoms with Crippen molar-refractivity contribution < 1.29 is 13.2 Å². The van der Waals surface area contributed by atoms with Gasteiger partial charge in [-0.1, -0.05) is 19.1 Å². The molecule has 1 aromatic rings. The fourth-order valence-corrected chi connectivity index (χ4v) is 2.98. The van der Waals surface area contributed by atoms with Gasteiger partial charge in [0.15, 0.2) is 0 Å².